The fraction of sp³-hybridized carbons (Fsp3) is 0.583. The Morgan fingerprint density at radius 3 is 2.74 bits per heavy atom. The second kappa shape index (κ2) is 6.02. The van der Waals surface area contributed by atoms with E-state index in [0.717, 1.165) is 19.3 Å². The molecule has 0 saturated heterocycles. The molecule has 1 aliphatic carbocycles. The van der Waals surface area contributed by atoms with Gasteiger partial charge in [-0.2, -0.15) is 13.2 Å². The Bertz CT molecular complexity index is 453. The molecule has 0 saturated carbocycles. The summed E-state index contributed by atoms with van der Waals surface area (Å²) in [7, 11) is 0. The lowest BCUT2D eigenvalue weighted by Gasteiger charge is -2.18. The highest BCUT2D eigenvalue weighted by molar-refractivity contribution is 7.11. The van der Waals surface area contributed by atoms with E-state index in [9.17, 15) is 13.2 Å². The molecule has 3 N–H and O–H groups in total. The minimum atomic E-state index is -4.38. The van der Waals surface area contributed by atoms with Gasteiger partial charge in [0.2, 0.25) is 0 Å². The average molecular weight is 291 g/mol. The zero-order valence-corrected chi connectivity index (χ0v) is 11.2. The number of halogens is 3. The largest absolute Gasteiger partial charge is 0.443 e. The van der Waals surface area contributed by atoms with Gasteiger partial charge < -0.3 is 0 Å². The van der Waals surface area contributed by atoms with Gasteiger partial charge in [0.25, 0.3) is 0 Å². The number of rotatable bonds is 4. The average Bonchev–Trinajstić information content (AvgIpc) is 2.86. The summed E-state index contributed by atoms with van der Waals surface area (Å²) in [5.74, 6) is 5.46. The number of thiazole rings is 1. The van der Waals surface area contributed by atoms with E-state index in [4.69, 9.17) is 5.84 Å². The number of nitrogens with two attached hydrogens (primary N) is 1. The first-order chi connectivity index (χ1) is 9.00. The van der Waals surface area contributed by atoms with E-state index in [1.807, 2.05) is 0 Å². The molecule has 1 heterocycles. The minimum Gasteiger partial charge on any atom is -0.271 e. The summed E-state index contributed by atoms with van der Waals surface area (Å²) >= 11 is 0.655. The first-order valence-corrected chi connectivity index (χ1v) is 6.99. The van der Waals surface area contributed by atoms with Crippen LogP contribution in [-0.4, -0.2) is 4.98 Å². The molecule has 0 fully saturated rings. The SMILES string of the molecule is NNC(CC1=CCCCC1)c1cnc(C(F)(F)F)s1. The van der Waals surface area contributed by atoms with Crippen molar-refractivity contribution in [3.8, 4) is 0 Å². The molecule has 1 unspecified atom stereocenters. The Morgan fingerprint density at radius 2 is 2.21 bits per heavy atom. The molecule has 3 nitrogen and oxygen atoms in total. The smallest absolute Gasteiger partial charge is 0.271 e. The summed E-state index contributed by atoms with van der Waals surface area (Å²) < 4.78 is 37.5. The molecule has 1 aromatic rings. The monoisotopic (exact) mass is 291 g/mol. The summed E-state index contributed by atoms with van der Waals surface area (Å²) in [6.45, 7) is 0. The summed E-state index contributed by atoms with van der Waals surface area (Å²) in [4.78, 5) is 3.96. The van der Waals surface area contributed by atoms with Gasteiger partial charge in [0.15, 0.2) is 5.01 Å². The molecule has 1 aromatic heterocycles. The van der Waals surface area contributed by atoms with Gasteiger partial charge in [0, 0.05) is 11.1 Å². The number of hydrogen-bond acceptors (Lipinski definition) is 4. The van der Waals surface area contributed by atoms with Crippen molar-refractivity contribution in [1.82, 2.24) is 10.4 Å². The topological polar surface area (TPSA) is 50.9 Å². The van der Waals surface area contributed by atoms with Crippen LogP contribution in [0.3, 0.4) is 0 Å². The van der Waals surface area contributed by atoms with Crippen LogP contribution < -0.4 is 11.3 Å². The lowest BCUT2D eigenvalue weighted by molar-refractivity contribution is -0.137. The second-order valence-corrected chi connectivity index (χ2v) is 5.66. The van der Waals surface area contributed by atoms with Crippen molar-refractivity contribution in [3.63, 3.8) is 0 Å². The molecular formula is C12H16F3N3S. The van der Waals surface area contributed by atoms with Crippen LogP contribution in [0.15, 0.2) is 17.8 Å². The third-order valence-electron chi connectivity index (χ3n) is 3.16. The lowest BCUT2D eigenvalue weighted by atomic mass is 9.94. The van der Waals surface area contributed by atoms with Gasteiger partial charge in [-0.25, -0.2) is 4.98 Å². The molecule has 0 bridgehead atoms. The van der Waals surface area contributed by atoms with Crippen LogP contribution >= 0.6 is 11.3 Å². The number of nitrogens with zero attached hydrogens (tertiary/aromatic N) is 1. The lowest BCUT2D eigenvalue weighted by Crippen LogP contribution is -2.27. The van der Waals surface area contributed by atoms with E-state index < -0.39 is 11.2 Å². The van der Waals surface area contributed by atoms with E-state index in [1.165, 1.54) is 18.2 Å². The van der Waals surface area contributed by atoms with Crippen molar-refractivity contribution in [2.24, 2.45) is 5.84 Å². The molecule has 0 radical (unpaired) electrons. The highest BCUT2D eigenvalue weighted by Gasteiger charge is 2.35. The third kappa shape index (κ3) is 3.77. The van der Waals surface area contributed by atoms with Crippen LogP contribution in [-0.2, 0) is 6.18 Å². The number of nitrogens with one attached hydrogen (secondary N) is 1. The number of hydrogen-bond donors (Lipinski definition) is 2. The zero-order valence-electron chi connectivity index (χ0n) is 10.3. The van der Waals surface area contributed by atoms with E-state index in [2.05, 4.69) is 16.5 Å². The maximum absolute atomic E-state index is 12.5. The molecule has 19 heavy (non-hydrogen) atoms. The molecule has 7 heteroatoms. The van der Waals surface area contributed by atoms with Crippen LogP contribution in [0.1, 0.15) is 48.0 Å². The van der Waals surface area contributed by atoms with Crippen molar-refractivity contribution < 1.29 is 13.2 Å². The van der Waals surface area contributed by atoms with E-state index in [1.54, 1.807) is 0 Å². The molecular weight excluding hydrogens is 275 g/mol. The second-order valence-electron chi connectivity index (χ2n) is 4.60. The maximum Gasteiger partial charge on any atom is 0.443 e. The molecule has 0 spiro atoms. The van der Waals surface area contributed by atoms with Gasteiger partial charge in [-0.1, -0.05) is 11.6 Å². The normalized spacial score (nSPS) is 18.2. The van der Waals surface area contributed by atoms with Crippen LogP contribution in [0.2, 0.25) is 0 Å². The third-order valence-corrected chi connectivity index (χ3v) is 4.32. The predicted molar refractivity (Wildman–Crippen MR) is 68.3 cm³/mol. The standard InChI is InChI=1S/C12H16F3N3S/c13-12(14,15)11-17-7-10(19-11)9(18-16)6-8-4-2-1-3-5-8/h4,7,9,18H,1-3,5-6,16H2. The Balaban J connectivity index is 2.09. The van der Waals surface area contributed by atoms with Crippen molar-refractivity contribution in [2.45, 2.75) is 44.3 Å². The van der Waals surface area contributed by atoms with Gasteiger partial charge in [0.05, 0.1) is 6.04 Å². The van der Waals surface area contributed by atoms with Crippen LogP contribution in [0.5, 0.6) is 0 Å². The maximum atomic E-state index is 12.5. The Hall–Kier alpha value is -0.920. The first-order valence-electron chi connectivity index (χ1n) is 6.17. The van der Waals surface area contributed by atoms with E-state index >= 15 is 0 Å². The Kier molecular flexibility index (Phi) is 4.59. The summed E-state index contributed by atoms with van der Waals surface area (Å²) in [5.41, 5.74) is 3.85. The first kappa shape index (κ1) is 14.5. The van der Waals surface area contributed by atoms with Crippen molar-refractivity contribution >= 4 is 11.3 Å². The van der Waals surface area contributed by atoms with Crippen LogP contribution in [0.4, 0.5) is 13.2 Å². The Labute approximate surface area is 113 Å². The summed E-state index contributed by atoms with van der Waals surface area (Å²) in [6.07, 6.45) is 4.07. The zero-order chi connectivity index (χ0) is 13.9. The van der Waals surface area contributed by atoms with Crippen molar-refractivity contribution in [2.75, 3.05) is 0 Å². The quantitative estimate of drug-likeness (QED) is 0.506. The Morgan fingerprint density at radius 1 is 1.42 bits per heavy atom. The van der Waals surface area contributed by atoms with Gasteiger partial charge in [0.1, 0.15) is 0 Å². The fourth-order valence-electron chi connectivity index (χ4n) is 2.17. The van der Waals surface area contributed by atoms with Crippen molar-refractivity contribution in [1.29, 1.82) is 0 Å². The molecule has 0 aromatic carbocycles. The van der Waals surface area contributed by atoms with E-state index in [0.29, 0.717) is 22.6 Å². The van der Waals surface area contributed by atoms with Gasteiger partial charge >= 0.3 is 6.18 Å². The van der Waals surface area contributed by atoms with Crippen LogP contribution in [0, 0.1) is 0 Å². The summed E-state index contributed by atoms with van der Waals surface area (Å²) in [6, 6.07) is -0.294. The van der Waals surface area contributed by atoms with Crippen molar-refractivity contribution in [3.05, 3.63) is 27.7 Å². The highest BCUT2D eigenvalue weighted by atomic mass is 32.1. The van der Waals surface area contributed by atoms with E-state index in [-0.39, 0.29) is 6.04 Å². The van der Waals surface area contributed by atoms with Crippen LogP contribution in [0.25, 0.3) is 0 Å². The number of aromatic nitrogens is 1. The highest BCUT2D eigenvalue weighted by Crippen LogP contribution is 2.36. The molecule has 1 atom stereocenters. The molecule has 0 aliphatic heterocycles. The minimum absolute atomic E-state index is 0.294. The summed E-state index contributed by atoms with van der Waals surface area (Å²) in [5, 5.41) is -0.819. The molecule has 2 rings (SSSR count). The van der Waals surface area contributed by atoms with Gasteiger partial charge in [-0.15, -0.1) is 11.3 Å². The predicted octanol–water partition coefficient (Wildman–Crippen LogP) is 3.56. The number of alkyl halides is 3. The molecule has 1 aliphatic rings. The fourth-order valence-corrected chi connectivity index (χ4v) is 3.02. The molecule has 106 valence electrons. The van der Waals surface area contributed by atoms with Gasteiger partial charge in [-0.05, 0) is 32.1 Å². The number of hydrazine groups is 1. The number of allylic oxidation sites excluding steroid dienone is 1. The van der Waals surface area contributed by atoms with Gasteiger partial charge in [-0.3, -0.25) is 11.3 Å². The molecule has 0 amide bonds.